The fourth-order valence-electron chi connectivity index (χ4n) is 2.03. The quantitative estimate of drug-likeness (QED) is 0.764. The zero-order valence-corrected chi connectivity index (χ0v) is 14.9. The molecule has 0 aliphatic carbocycles. The molecule has 6 heteroatoms. The van der Waals surface area contributed by atoms with E-state index in [-0.39, 0.29) is 4.90 Å². The van der Waals surface area contributed by atoms with Gasteiger partial charge in [0, 0.05) is 18.1 Å². The van der Waals surface area contributed by atoms with Crippen molar-refractivity contribution < 1.29 is 13.2 Å². The molecule has 118 valence electrons. The first-order valence-electron chi connectivity index (χ1n) is 6.87. The molecule has 2 rings (SSSR count). The van der Waals surface area contributed by atoms with Gasteiger partial charge >= 0.3 is 0 Å². The minimum atomic E-state index is -3.51. The number of benzene rings is 2. The Kier molecular flexibility index (Phi) is 5.61. The van der Waals surface area contributed by atoms with Crippen molar-refractivity contribution in [1.29, 1.82) is 0 Å². The lowest BCUT2D eigenvalue weighted by Crippen LogP contribution is -2.26. The van der Waals surface area contributed by atoms with E-state index in [1.54, 1.807) is 31.3 Å². The molecule has 0 atom stereocenters. The summed E-state index contributed by atoms with van der Waals surface area (Å²) in [6.07, 6.45) is 0. The van der Waals surface area contributed by atoms with Gasteiger partial charge in [0.1, 0.15) is 5.75 Å². The third kappa shape index (κ3) is 4.09. The van der Waals surface area contributed by atoms with Crippen LogP contribution in [0.5, 0.6) is 5.75 Å². The highest BCUT2D eigenvalue weighted by Crippen LogP contribution is 2.21. The van der Waals surface area contributed by atoms with Crippen LogP contribution in [0.1, 0.15) is 12.5 Å². The molecule has 0 saturated carbocycles. The Bertz CT molecular complexity index is 729. The monoisotopic (exact) mass is 383 g/mol. The average molecular weight is 384 g/mol. The number of sulfonamides is 1. The zero-order chi connectivity index (χ0) is 16.2. The van der Waals surface area contributed by atoms with Crippen LogP contribution in [0.2, 0.25) is 0 Å². The second-order valence-corrected chi connectivity index (χ2v) is 7.76. The van der Waals surface area contributed by atoms with Gasteiger partial charge in [-0.15, -0.1) is 0 Å². The van der Waals surface area contributed by atoms with Gasteiger partial charge in [-0.3, -0.25) is 0 Å². The fraction of sp³-hybridized carbons (Fsp3) is 0.250. The third-order valence-corrected chi connectivity index (χ3v) is 5.48. The summed E-state index contributed by atoms with van der Waals surface area (Å²) >= 11 is 3.30. The molecule has 0 heterocycles. The first kappa shape index (κ1) is 17.0. The summed E-state index contributed by atoms with van der Waals surface area (Å²) in [6.45, 7) is 2.78. The lowest BCUT2D eigenvalue weighted by molar-refractivity contribution is 0.339. The Hall–Kier alpha value is -1.37. The number of hydrogen-bond donors (Lipinski definition) is 0. The molecule has 0 aromatic heterocycles. The molecule has 0 bridgehead atoms. The van der Waals surface area contributed by atoms with Crippen molar-refractivity contribution in [3.63, 3.8) is 0 Å². The summed E-state index contributed by atoms with van der Waals surface area (Å²) in [6, 6.07) is 14.1. The number of rotatable bonds is 6. The van der Waals surface area contributed by atoms with Crippen LogP contribution in [0.15, 0.2) is 57.9 Å². The largest absolute Gasteiger partial charge is 0.494 e. The molecule has 2 aromatic carbocycles. The second kappa shape index (κ2) is 7.26. The molecular formula is C16H18BrNO3S. The lowest BCUT2D eigenvalue weighted by atomic mass is 10.2. The van der Waals surface area contributed by atoms with Crippen molar-refractivity contribution in [2.45, 2.75) is 18.4 Å². The minimum absolute atomic E-state index is 0.277. The third-order valence-electron chi connectivity index (χ3n) is 3.14. The van der Waals surface area contributed by atoms with E-state index in [0.29, 0.717) is 13.2 Å². The molecule has 0 aliphatic rings. The topological polar surface area (TPSA) is 46.6 Å². The highest BCUT2D eigenvalue weighted by atomic mass is 79.9. The summed E-state index contributed by atoms with van der Waals surface area (Å²) < 4.78 is 32.7. The maximum atomic E-state index is 12.5. The predicted molar refractivity (Wildman–Crippen MR) is 90.4 cm³/mol. The van der Waals surface area contributed by atoms with E-state index < -0.39 is 10.0 Å². The van der Waals surface area contributed by atoms with Crippen LogP contribution in [-0.4, -0.2) is 26.4 Å². The summed E-state index contributed by atoms with van der Waals surface area (Å²) in [5.74, 6) is 0.745. The minimum Gasteiger partial charge on any atom is -0.494 e. The van der Waals surface area contributed by atoms with Crippen molar-refractivity contribution in [3.8, 4) is 5.75 Å². The Labute approximate surface area is 139 Å². The SMILES string of the molecule is CCOc1cccc(CN(C)S(=O)(=O)c2ccc(Br)cc2)c1. The molecule has 22 heavy (non-hydrogen) atoms. The standard InChI is InChI=1S/C16H18BrNO3S/c1-3-21-15-6-4-5-13(11-15)12-18(2)22(19,20)16-9-7-14(17)8-10-16/h4-11H,3,12H2,1-2H3. The summed E-state index contributed by atoms with van der Waals surface area (Å²) in [7, 11) is -1.93. The number of halogens is 1. The van der Waals surface area contributed by atoms with E-state index in [0.717, 1.165) is 15.8 Å². The van der Waals surface area contributed by atoms with Crippen molar-refractivity contribution in [3.05, 3.63) is 58.6 Å². The fourth-order valence-corrected chi connectivity index (χ4v) is 3.45. The molecule has 0 radical (unpaired) electrons. The normalized spacial score (nSPS) is 11.6. The predicted octanol–water partition coefficient (Wildman–Crippen LogP) is 3.67. The van der Waals surface area contributed by atoms with Gasteiger partial charge < -0.3 is 4.74 Å². The zero-order valence-electron chi connectivity index (χ0n) is 12.5. The van der Waals surface area contributed by atoms with Crippen LogP contribution in [-0.2, 0) is 16.6 Å². The van der Waals surface area contributed by atoms with Gasteiger partial charge in [0.2, 0.25) is 10.0 Å². The smallest absolute Gasteiger partial charge is 0.243 e. The average Bonchev–Trinajstić information content (AvgIpc) is 2.48. The summed E-state index contributed by atoms with van der Waals surface area (Å²) in [5, 5.41) is 0. The van der Waals surface area contributed by atoms with E-state index in [4.69, 9.17) is 4.74 Å². The first-order chi connectivity index (χ1) is 10.4. The molecule has 0 fully saturated rings. The van der Waals surface area contributed by atoms with E-state index in [1.165, 1.54) is 4.31 Å². The van der Waals surface area contributed by atoms with Crippen LogP contribution in [0.3, 0.4) is 0 Å². The number of ether oxygens (including phenoxy) is 1. The maximum absolute atomic E-state index is 12.5. The summed E-state index contributed by atoms with van der Waals surface area (Å²) in [5.41, 5.74) is 0.883. The van der Waals surface area contributed by atoms with E-state index in [2.05, 4.69) is 15.9 Å². The Balaban J connectivity index is 2.18. The van der Waals surface area contributed by atoms with Crippen LogP contribution >= 0.6 is 15.9 Å². The molecule has 0 spiro atoms. The lowest BCUT2D eigenvalue weighted by Gasteiger charge is -2.18. The molecule has 0 saturated heterocycles. The van der Waals surface area contributed by atoms with Gasteiger partial charge in [-0.25, -0.2) is 8.42 Å². The van der Waals surface area contributed by atoms with E-state index in [1.807, 2.05) is 31.2 Å². The number of nitrogens with zero attached hydrogens (tertiary/aromatic N) is 1. The van der Waals surface area contributed by atoms with Gasteiger partial charge in [0.25, 0.3) is 0 Å². The highest BCUT2D eigenvalue weighted by Gasteiger charge is 2.20. The summed E-state index contributed by atoms with van der Waals surface area (Å²) in [4.78, 5) is 0.277. The van der Waals surface area contributed by atoms with Gasteiger partial charge in [-0.1, -0.05) is 28.1 Å². The van der Waals surface area contributed by atoms with Crippen molar-refractivity contribution in [2.24, 2.45) is 0 Å². The first-order valence-corrected chi connectivity index (χ1v) is 9.10. The molecular weight excluding hydrogens is 366 g/mol. The molecule has 0 amide bonds. The molecule has 0 aliphatic heterocycles. The Morgan fingerprint density at radius 2 is 1.82 bits per heavy atom. The van der Waals surface area contributed by atoms with Crippen LogP contribution in [0.25, 0.3) is 0 Å². The molecule has 2 aromatic rings. The maximum Gasteiger partial charge on any atom is 0.243 e. The van der Waals surface area contributed by atoms with E-state index in [9.17, 15) is 8.42 Å². The van der Waals surface area contributed by atoms with Gasteiger partial charge in [-0.2, -0.15) is 4.31 Å². The number of hydrogen-bond acceptors (Lipinski definition) is 3. The van der Waals surface area contributed by atoms with Crippen molar-refractivity contribution in [1.82, 2.24) is 4.31 Å². The van der Waals surface area contributed by atoms with Crippen molar-refractivity contribution >= 4 is 26.0 Å². The van der Waals surface area contributed by atoms with E-state index >= 15 is 0 Å². The van der Waals surface area contributed by atoms with Crippen molar-refractivity contribution in [2.75, 3.05) is 13.7 Å². The van der Waals surface area contributed by atoms with Gasteiger partial charge in [-0.05, 0) is 48.9 Å². The van der Waals surface area contributed by atoms with Crippen LogP contribution in [0, 0.1) is 0 Å². The van der Waals surface area contributed by atoms with Gasteiger partial charge in [0.05, 0.1) is 11.5 Å². The second-order valence-electron chi connectivity index (χ2n) is 4.80. The van der Waals surface area contributed by atoms with Crippen LogP contribution in [0.4, 0.5) is 0 Å². The van der Waals surface area contributed by atoms with Gasteiger partial charge in [0.15, 0.2) is 0 Å². The Morgan fingerprint density at radius 1 is 1.14 bits per heavy atom. The van der Waals surface area contributed by atoms with Crippen LogP contribution < -0.4 is 4.74 Å². The Morgan fingerprint density at radius 3 is 2.45 bits per heavy atom. The molecule has 0 N–H and O–H groups in total. The molecule has 0 unspecified atom stereocenters. The molecule has 4 nitrogen and oxygen atoms in total. The highest BCUT2D eigenvalue weighted by molar-refractivity contribution is 9.10.